The standard InChI is InChI=1S/C27H56NO6P/c1-3-5-7-9-10-11-12-13-14-15-16-17-18-19-22-31-25-27(32-23-20-8-6-4-2)26-34-35(29,30)33-24-21-28/h4,27H,2-3,5-26,28H2,1H3,(H,29,30)/t27-/m1/s1. The third kappa shape index (κ3) is 26.6. The molecule has 7 nitrogen and oxygen atoms in total. The van der Waals surface area contributed by atoms with Crippen molar-refractivity contribution in [2.24, 2.45) is 5.73 Å². The maximum absolute atomic E-state index is 11.9. The molecule has 0 aliphatic carbocycles. The first-order valence-corrected chi connectivity index (χ1v) is 15.7. The summed E-state index contributed by atoms with van der Waals surface area (Å²) in [4.78, 5) is 9.70. The molecule has 2 atom stereocenters. The van der Waals surface area contributed by atoms with E-state index in [1.165, 1.54) is 83.5 Å². The van der Waals surface area contributed by atoms with Crippen molar-refractivity contribution >= 4 is 7.82 Å². The van der Waals surface area contributed by atoms with Gasteiger partial charge in [0.2, 0.25) is 0 Å². The second-order valence-corrected chi connectivity index (χ2v) is 10.8. The average Bonchev–Trinajstić information content (AvgIpc) is 2.85. The third-order valence-electron chi connectivity index (χ3n) is 5.90. The molecule has 0 radical (unpaired) electrons. The Kier molecular flexibility index (Phi) is 26.6. The fourth-order valence-corrected chi connectivity index (χ4v) is 4.55. The molecular weight excluding hydrogens is 465 g/mol. The molecule has 35 heavy (non-hydrogen) atoms. The van der Waals surface area contributed by atoms with Crippen molar-refractivity contribution in [2.75, 3.05) is 39.6 Å². The van der Waals surface area contributed by atoms with E-state index in [0.29, 0.717) is 19.8 Å². The molecule has 0 aliphatic rings. The third-order valence-corrected chi connectivity index (χ3v) is 6.88. The van der Waals surface area contributed by atoms with Crippen LogP contribution in [0.15, 0.2) is 12.7 Å². The molecule has 3 N–H and O–H groups in total. The average molecular weight is 522 g/mol. The number of nitrogens with two attached hydrogens (primary N) is 1. The monoisotopic (exact) mass is 521 g/mol. The predicted molar refractivity (Wildman–Crippen MR) is 146 cm³/mol. The molecule has 210 valence electrons. The normalized spacial score (nSPS) is 14.1. The Labute approximate surface area is 216 Å². The number of hydrogen-bond donors (Lipinski definition) is 2. The number of phosphoric ester groups is 1. The zero-order valence-electron chi connectivity index (χ0n) is 22.6. The quantitative estimate of drug-likeness (QED) is 0.0604. The summed E-state index contributed by atoms with van der Waals surface area (Å²) in [6, 6.07) is 0. The van der Waals surface area contributed by atoms with E-state index in [1.807, 2.05) is 6.08 Å². The van der Waals surface area contributed by atoms with Crippen LogP contribution in [0.5, 0.6) is 0 Å². The maximum Gasteiger partial charge on any atom is 0.472 e. The van der Waals surface area contributed by atoms with Crippen molar-refractivity contribution in [3.63, 3.8) is 0 Å². The Balaban J connectivity index is 3.79. The molecule has 0 saturated heterocycles. The molecule has 8 heteroatoms. The van der Waals surface area contributed by atoms with Gasteiger partial charge in [-0.05, 0) is 25.7 Å². The molecule has 0 aromatic heterocycles. The molecule has 0 saturated carbocycles. The first-order valence-electron chi connectivity index (χ1n) is 14.2. The molecule has 0 bridgehead atoms. The predicted octanol–water partition coefficient (Wildman–Crippen LogP) is 7.32. The van der Waals surface area contributed by atoms with E-state index in [-0.39, 0.29) is 19.8 Å². The highest BCUT2D eigenvalue weighted by molar-refractivity contribution is 7.47. The highest BCUT2D eigenvalue weighted by Gasteiger charge is 2.23. The zero-order valence-corrected chi connectivity index (χ0v) is 23.5. The summed E-state index contributed by atoms with van der Waals surface area (Å²) in [5.41, 5.74) is 5.31. The molecule has 0 heterocycles. The van der Waals surface area contributed by atoms with E-state index in [1.54, 1.807) is 0 Å². The topological polar surface area (TPSA) is 100 Å². The second-order valence-electron chi connectivity index (χ2n) is 9.33. The van der Waals surface area contributed by atoms with Gasteiger partial charge in [-0.3, -0.25) is 9.05 Å². The minimum Gasteiger partial charge on any atom is -0.379 e. The molecule has 0 fully saturated rings. The van der Waals surface area contributed by atoms with E-state index in [0.717, 1.165) is 25.7 Å². The number of phosphoric acid groups is 1. The lowest BCUT2D eigenvalue weighted by Crippen LogP contribution is -2.26. The summed E-state index contributed by atoms with van der Waals surface area (Å²) in [6.45, 7) is 7.59. The minimum atomic E-state index is -4.12. The van der Waals surface area contributed by atoms with Crippen molar-refractivity contribution in [1.82, 2.24) is 0 Å². The van der Waals surface area contributed by atoms with Gasteiger partial charge < -0.3 is 20.1 Å². The first kappa shape index (κ1) is 34.7. The van der Waals surface area contributed by atoms with Gasteiger partial charge in [0.05, 0.1) is 19.8 Å². The van der Waals surface area contributed by atoms with Gasteiger partial charge in [-0.25, -0.2) is 4.57 Å². The van der Waals surface area contributed by atoms with Crippen LogP contribution >= 0.6 is 7.82 Å². The lowest BCUT2D eigenvalue weighted by molar-refractivity contribution is -0.0441. The summed E-state index contributed by atoms with van der Waals surface area (Å²) < 4.78 is 33.3. The van der Waals surface area contributed by atoms with Crippen LogP contribution in [0.3, 0.4) is 0 Å². The maximum atomic E-state index is 11.9. The van der Waals surface area contributed by atoms with E-state index in [4.69, 9.17) is 24.3 Å². The van der Waals surface area contributed by atoms with Crippen molar-refractivity contribution in [2.45, 2.75) is 122 Å². The molecule has 0 aromatic rings. The van der Waals surface area contributed by atoms with Gasteiger partial charge in [0.25, 0.3) is 0 Å². The molecule has 0 rings (SSSR count). The molecule has 0 aliphatic heterocycles. The Morgan fingerprint density at radius 2 is 1.31 bits per heavy atom. The lowest BCUT2D eigenvalue weighted by atomic mass is 10.0. The van der Waals surface area contributed by atoms with Crippen LogP contribution in [-0.2, 0) is 23.1 Å². The van der Waals surface area contributed by atoms with Crippen molar-refractivity contribution in [3.8, 4) is 0 Å². The molecule has 0 spiro atoms. The molecular formula is C27H56NO6P. The van der Waals surface area contributed by atoms with Crippen LogP contribution in [0.25, 0.3) is 0 Å². The van der Waals surface area contributed by atoms with Crippen LogP contribution in [0.4, 0.5) is 0 Å². The van der Waals surface area contributed by atoms with Crippen LogP contribution in [0.2, 0.25) is 0 Å². The van der Waals surface area contributed by atoms with Crippen molar-refractivity contribution in [1.29, 1.82) is 0 Å². The van der Waals surface area contributed by atoms with Crippen LogP contribution < -0.4 is 5.73 Å². The van der Waals surface area contributed by atoms with E-state index >= 15 is 0 Å². The van der Waals surface area contributed by atoms with Gasteiger partial charge >= 0.3 is 7.82 Å². The first-order chi connectivity index (χ1) is 17.1. The van der Waals surface area contributed by atoms with Gasteiger partial charge in [-0.15, -0.1) is 6.58 Å². The number of allylic oxidation sites excluding steroid dienone is 1. The summed E-state index contributed by atoms with van der Waals surface area (Å²) in [5, 5.41) is 0. The van der Waals surface area contributed by atoms with E-state index in [9.17, 15) is 9.46 Å². The fraction of sp³-hybridized carbons (Fsp3) is 0.926. The smallest absolute Gasteiger partial charge is 0.379 e. The Hall–Kier alpha value is -0.270. The van der Waals surface area contributed by atoms with Gasteiger partial charge in [-0.2, -0.15) is 0 Å². The molecule has 0 unspecified atom stereocenters. The summed E-state index contributed by atoms with van der Waals surface area (Å²) in [7, 11) is -4.12. The largest absolute Gasteiger partial charge is 0.472 e. The summed E-state index contributed by atoms with van der Waals surface area (Å²) >= 11 is 0. The fourth-order valence-electron chi connectivity index (χ4n) is 3.78. The van der Waals surface area contributed by atoms with E-state index < -0.39 is 13.9 Å². The molecule has 0 aromatic carbocycles. The van der Waals surface area contributed by atoms with Gasteiger partial charge in [-0.1, -0.05) is 96.5 Å². The van der Waals surface area contributed by atoms with Crippen LogP contribution in [0, 0.1) is 0 Å². The lowest BCUT2D eigenvalue weighted by Gasteiger charge is -2.20. The highest BCUT2D eigenvalue weighted by atomic mass is 31.2. The number of unbranched alkanes of at least 4 members (excludes halogenated alkanes) is 15. The van der Waals surface area contributed by atoms with Crippen LogP contribution in [0.1, 0.15) is 116 Å². The highest BCUT2D eigenvalue weighted by Crippen LogP contribution is 2.43. The van der Waals surface area contributed by atoms with Gasteiger partial charge in [0.15, 0.2) is 0 Å². The van der Waals surface area contributed by atoms with Gasteiger partial charge in [0, 0.05) is 19.8 Å². The van der Waals surface area contributed by atoms with Crippen molar-refractivity contribution < 1.29 is 28.0 Å². The number of hydrogen-bond acceptors (Lipinski definition) is 6. The zero-order chi connectivity index (χ0) is 25.9. The molecule has 0 amide bonds. The summed E-state index contributed by atoms with van der Waals surface area (Å²) in [6.07, 6.45) is 22.9. The van der Waals surface area contributed by atoms with E-state index in [2.05, 4.69) is 13.5 Å². The minimum absolute atomic E-state index is 0.0313. The van der Waals surface area contributed by atoms with Crippen molar-refractivity contribution in [3.05, 3.63) is 12.7 Å². The number of rotatable bonds is 29. The van der Waals surface area contributed by atoms with Gasteiger partial charge in [0.1, 0.15) is 6.10 Å². The van der Waals surface area contributed by atoms with Crippen LogP contribution in [-0.4, -0.2) is 50.6 Å². The Morgan fingerprint density at radius 1 is 0.771 bits per heavy atom. The SMILES string of the molecule is C=CCCCCO[C@H](COCCCCCCCCCCCCCCCC)CO[P@](=O)(O)OCCN. The Bertz CT molecular complexity index is 494. The summed E-state index contributed by atoms with van der Waals surface area (Å²) in [5.74, 6) is 0. The second kappa shape index (κ2) is 26.8. The number of ether oxygens (including phenoxy) is 2. The Morgan fingerprint density at radius 3 is 1.86 bits per heavy atom.